The number of allylic oxidation sites excluding steroid dienone is 1. The average molecular weight is 255 g/mol. The number of carbonyl (C=O) groups excluding carboxylic acids is 1. The van der Waals surface area contributed by atoms with Crippen molar-refractivity contribution < 1.29 is 19.6 Å². The van der Waals surface area contributed by atoms with Gasteiger partial charge in [-0.2, -0.15) is 0 Å². The van der Waals surface area contributed by atoms with Crippen molar-refractivity contribution in [2.75, 3.05) is 0 Å². The Morgan fingerprint density at radius 2 is 1.94 bits per heavy atom. The molecule has 6 heteroatoms. The molecule has 18 heavy (non-hydrogen) atoms. The summed E-state index contributed by atoms with van der Waals surface area (Å²) < 4.78 is 5.19. The van der Waals surface area contributed by atoms with E-state index in [0.717, 1.165) is 31.3 Å². The number of alkyl carbamates (subject to hydrolysis) is 1. The summed E-state index contributed by atoms with van der Waals surface area (Å²) in [6.07, 6.45) is 2.77. The molecule has 1 rings (SSSR count). The monoisotopic (exact) mass is 255 g/mol. The lowest BCUT2D eigenvalue weighted by molar-refractivity contribution is 0.0496. The fraction of sp³-hybridized carbons (Fsp3) is 0.750. The lowest BCUT2D eigenvalue weighted by atomic mass is 9.81. The van der Waals surface area contributed by atoms with Crippen LogP contribution in [0.1, 0.15) is 46.5 Å². The van der Waals surface area contributed by atoms with Crippen molar-refractivity contribution in [2.24, 2.45) is 0 Å². The first kappa shape index (κ1) is 15.1. The molecule has 1 amide bonds. The van der Waals surface area contributed by atoms with Crippen LogP contribution in [0.15, 0.2) is 11.5 Å². The Bertz CT molecular complexity index is 313. The largest absolute Gasteiger partial charge is 0.480 e. The summed E-state index contributed by atoms with van der Waals surface area (Å²) in [4.78, 5) is 11.6. The van der Waals surface area contributed by atoms with Gasteiger partial charge in [0.1, 0.15) is 5.60 Å². The van der Waals surface area contributed by atoms with E-state index >= 15 is 0 Å². The molecule has 0 radical (unpaired) electrons. The molecule has 3 N–H and O–H groups in total. The quantitative estimate of drug-likeness (QED) is 0.651. The van der Waals surface area contributed by atoms with Crippen molar-refractivity contribution in [2.45, 2.75) is 58.1 Å². The average Bonchev–Trinajstić information content (AvgIpc) is 2.17. The summed E-state index contributed by atoms with van der Waals surface area (Å²) in [5, 5.41) is 20.5. The lowest BCUT2D eigenvalue weighted by Crippen LogP contribution is -2.40. The van der Waals surface area contributed by atoms with Gasteiger partial charge in [0, 0.05) is 6.04 Å². The van der Waals surface area contributed by atoms with Crippen LogP contribution in [-0.4, -0.2) is 34.9 Å². The molecule has 0 aromatic rings. The normalized spacial score (nSPS) is 20.3. The molecule has 0 aromatic heterocycles. The van der Waals surface area contributed by atoms with Crippen LogP contribution < -0.4 is 5.32 Å². The zero-order valence-corrected chi connectivity index (χ0v) is 11.3. The second kappa shape index (κ2) is 6.25. The summed E-state index contributed by atoms with van der Waals surface area (Å²) in [5.74, 6) is 1.46. The van der Waals surface area contributed by atoms with Gasteiger partial charge in [0.2, 0.25) is 0 Å². The number of rotatable bonds is 2. The molecule has 1 aliphatic carbocycles. The maximum Gasteiger partial charge on any atom is 0.480 e. The summed E-state index contributed by atoms with van der Waals surface area (Å²) in [6.45, 7) is 5.49. The van der Waals surface area contributed by atoms with Gasteiger partial charge < -0.3 is 20.1 Å². The van der Waals surface area contributed by atoms with E-state index < -0.39 is 12.7 Å². The lowest BCUT2D eigenvalue weighted by Gasteiger charge is -2.27. The zero-order valence-electron chi connectivity index (χ0n) is 11.3. The topological polar surface area (TPSA) is 78.8 Å². The predicted molar refractivity (Wildman–Crippen MR) is 69.9 cm³/mol. The van der Waals surface area contributed by atoms with Crippen molar-refractivity contribution in [1.82, 2.24) is 5.32 Å². The Labute approximate surface area is 108 Å². The Hall–Kier alpha value is -1.01. The van der Waals surface area contributed by atoms with Gasteiger partial charge in [-0.15, -0.1) is 0 Å². The van der Waals surface area contributed by atoms with Crippen molar-refractivity contribution in [3.8, 4) is 0 Å². The van der Waals surface area contributed by atoms with E-state index in [0.29, 0.717) is 0 Å². The standard InChI is InChI=1S/C12H22BNO4/c1-12(2,3)18-11(15)14-10-6-4-9(5-7-10)8-13(16)17/h8,10,16-17H,4-7H2,1-3H3,(H,14,15). The van der Waals surface area contributed by atoms with Crippen molar-refractivity contribution in [3.63, 3.8) is 0 Å². The number of amides is 1. The van der Waals surface area contributed by atoms with E-state index in [1.807, 2.05) is 20.8 Å². The Morgan fingerprint density at radius 1 is 1.39 bits per heavy atom. The van der Waals surface area contributed by atoms with E-state index in [1.54, 1.807) is 0 Å². The van der Waals surface area contributed by atoms with E-state index in [-0.39, 0.29) is 12.1 Å². The Balaban J connectivity index is 2.34. The summed E-state index contributed by atoms with van der Waals surface area (Å²) >= 11 is 0. The second-order valence-electron chi connectivity index (χ2n) is 5.66. The minimum absolute atomic E-state index is 0.104. The highest BCUT2D eigenvalue weighted by molar-refractivity contribution is 6.47. The summed E-state index contributed by atoms with van der Waals surface area (Å²) in [6, 6.07) is 0.104. The maximum atomic E-state index is 11.6. The van der Waals surface area contributed by atoms with Crippen LogP contribution in [-0.2, 0) is 4.74 Å². The van der Waals surface area contributed by atoms with E-state index in [2.05, 4.69) is 5.32 Å². The SMILES string of the molecule is CC(C)(C)OC(=O)NC1CCC(=CB(O)O)CC1. The molecule has 0 atom stereocenters. The molecule has 1 saturated carbocycles. The first-order valence-electron chi connectivity index (χ1n) is 6.31. The highest BCUT2D eigenvalue weighted by Crippen LogP contribution is 2.23. The summed E-state index contributed by atoms with van der Waals surface area (Å²) in [5.41, 5.74) is 0.553. The van der Waals surface area contributed by atoms with Crippen LogP contribution >= 0.6 is 0 Å². The van der Waals surface area contributed by atoms with Gasteiger partial charge in [-0.3, -0.25) is 0 Å². The molecular weight excluding hydrogens is 233 g/mol. The van der Waals surface area contributed by atoms with Crippen molar-refractivity contribution in [3.05, 3.63) is 11.5 Å². The van der Waals surface area contributed by atoms with Gasteiger partial charge >= 0.3 is 13.2 Å². The first-order valence-corrected chi connectivity index (χ1v) is 6.31. The van der Waals surface area contributed by atoms with Gasteiger partial charge in [0.05, 0.1) is 0 Å². The molecule has 1 aliphatic rings. The molecule has 0 saturated heterocycles. The molecule has 0 aliphatic heterocycles. The van der Waals surface area contributed by atoms with Gasteiger partial charge in [-0.05, 0) is 46.5 Å². The van der Waals surface area contributed by atoms with E-state index in [1.165, 1.54) is 5.98 Å². The van der Waals surface area contributed by atoms with Gasteiger partial charge in [-0.1, -0.05) is 11.5 Å². The third kappa shape index (κ3) is 6.07. The zero-order chi connectivity index (χ0) is 13.8. The predicted octanol–water partition coefficient (Wildman–Crippen LogP) is 1.39. The van der Waals surface area contributed by atoms with Crippen LogP contribution in [0, 0.1) is 0 Å². The molecule has 0 aromatic carbocycles. The maximum absolute atomic E-state index is 11.6. The number of hydrogen-bond acceptors (Lipinski definition) is 4. The van der Waals surface area contributed by atoms with Gasteiger partial charge in [0.15, 0.2) is 0 Å². The van der Waals surface area contributed by atoms with E-state index in [9.17, 15) is 4.79 Å². The van der Waals surface area contributed by atoms with Crippen molar-refractivity contribution in [1.29, 1.82) is 0 Å². The molecule has 1 fully saturated rings. The second-order valence-corrected chi connectivity index (χ2v) is 5.66. The van der Waals surface area contributed by atoms with E-state index in [4.69, 9.17) is 14.8 Å². The highest BCUT2D eigenvalue weighted by Gasteiger charge is 2.22. The highest BCUT2D eigenvalue weighted by atomic mass is 16.6. The molecular formula is C12H22BNO4. The smallest absolute Gasteiger partial charge is 0.444 e. The fourth-order valence-corrected chi connectivity index (χ4v) is 1.98. The molecule has 0 bridgehead atoms. The number of hydrogen-bond donors (Lipinski definition) is 3. The molecule has 0 unspecified atom stereocenters. The first-order chi connectivity index (χ1) is 8.26. The van der Waals surface area contributed by atoms with Crippen LogP contribution in [0.5, 0.6) is 0 Å². The number of carbonyl (C=O) groups is 1. The molecule has 102 valence electrons. The summed E-state index contributed by atoms with van der Waals surface area (Å²) in [7, 11) is -1.38. The Morgan fingerprint density at radius 3 is 2.39 bits per heavy atom. The molecule has 0 spiro atoms. The van der Waals surface area contributed by atoms with Crippen LogP contribution in [0.4, 0.5) is 4.79 Å². The van der Waals surface area contributed by atoms with Crippen molar-refractivity contribution >= 4 is 13.2 Å². The van der Waals surface area contributed by atoms with Gasteiger partial charge in [0.25, 0.3) is 0 Å². The van der Waals surface area contributed by atoms with Crippen LogP contribution in [0.3, 0.4) is 0 Å². The minimum Gasteiger partial charge on any atom is -0.444 e. The molecule has 5 nitrogen and oxygen atoms in total. The fourth-order valence-electron chi connectivity index (χ4n) is 1.98. The van der Waals surface area contributed by atoms with Crippen LogP contribution in [0.25, 0.3) is 0 Å². The molecule has 0 heterocycles. The van der Waals surface area contributed by atoms with Crippen LogP contribution in [0.2, 0.25) is 0 Å². The number of nitrogens with one attached hydrogen (secondary N) is 1. The minimum atomic E-state index is -1.38. The van der Waals surface area contributed by atoms with Gasteiger partial charge in [-0.25, -0.2) is 4.79 Å². The third-order valence-corrected chi connectivity index (χ3v) is 2.73. The number of ether oxygens (including phenoxy) is 1. The third-order valence-electron chi connectivity index (χ3n) is 2.73. The Kier molecular flexibility index (Phi) is 5.22.